The standard InChI is InChI=1S/C13H18BrN3O.ClH/c1-9(15)11-6-2-3-8-17(11)13(18)12-10(14)5-4-7-16-12;/h4-5,7,9,11H,2-3,6,8,15H2,1H3;1H. The van der Waals surface area contributed by atoms with Crippen LogP contribution in [0.4, 0.5) is 0 Å². The van der Waals surface area contributed by atoms with Gasteiger partial charge in [-0.25, -0.2) is 4.98 Å². The SMILES string of the molecule is CC(N)C1CCCCN1C(=O)c1ncccc1Br.Cl. The molecular weight excluding hydrogens is 330 g/mol. The number of rotatable bonds is 2. The van der Waals surface area contributed by atoms with Gasteiger partial charge in [0.2, 0.25) is 0 Å². The summed E-state index contributed by atoms with van der Waals surface area (Å²) in [6.07, 6.45) is 4.80. The maximum atomic E-state index is 12.5. The van der Waals surface area contributed by atoms with E-state index in [9.17, 15) is 4.79 Å². The van der Waals surface area contributed by atoms with Crippen molar-refractivity contribution >= 4 is 34.2 Å². The predicted octanol–water partition coefficient (Wildman–Crippen LogP) is 2.61. The fourth-order valence-corrected chi connectivity index (χ4v) is 2.86. The van der Waals surface area contributed by atoms with E-state index < -0.39 is 0 Å². The quantitative estimate of drug-likeness (QED) is 0.893. The van der Waals surface area contributed by atoms with Crippen LogP contribution in [0.2, 0.25) is 0 Å². The summed E-state index contributed by atoms with van der Waals surface area (Å²) < 4.78 is 0.740. The number of aromatic nitrogens is 1. The Morgan fingerprint density at radius 1 is 1.58 bits per heavy atom. The largest absolute Gasteiger partial charge is 0.333 e. The molecule has 1 fully saturated rings. The van der Waals surface area contributed by atoms with Crippen molar-refractivity contribution in [3.05, 3.63) is 28.5 Å². The summed E-state index contributed by atoms with van der Waals surface area (Å²) in [6.45, 7) is 2.73. The van der Waals surface area contributed by atoms with E-state index in [0.29, 0.717) is 5.69 Å². The first kappa shape index (κ1) is 16.4. The number of pyridine rings is 1. The highest BCUT2D eigenvalue weighted by Gasteiger charge is 2.31. The van der Waals surface area contributed by atoms with Crippen LogP contribution in [-0.2, 0) is 0 Å². The molecule has 2 unspecified atom stereocenters. The van der Waals surface area contributed by atoms with Gasteiger partial charge < -0.3 is 10.6 Å². The second-order valence-corrected chi connectivity index (χ2v) is 5.61. The van der Waals surface area contributed by atoms with Gasteiger partial charge in [-0.1, -0.05) is 0 Å². The molecule has 1 aromatic rings. The van der Waals surface area contributed by atoms with Gasteiger partial charge in [-0.2, -0.15) is 0 Å². The minimum atomic E-state index is -0.0236. The Hall–Kier alpha value is -0.650. The number of nitrogens with two attached hydrogens (primary N) is 1. The van der Waals surface area contributed by atoms with Gasteiger partial charge in [0.25, 0.3) is 5.91 Å². The zero-order valence-corrected chi connectivity index (χ0v) is 13.3. The molecule has 0 saturated carbocycles. The topological polar surface area (TPSA) is 59.2 Å². The zero-order valence-electron chi connectivity index (χ0n) is 10.9. The Labute approximate surface area is 128 Å². The van der Waals surface area contributed by atoms with E-state index in [2.05, 4.69) is 20.9 Å². The lowest BCUT2D eigenvalue weighted by Crippen LogP contribution is -2.51. The van der Waals surface area contributed by atoms with Crippen LogP contribution in [0.5, 0.6) is 0 Å². The van der Waals surface area contributed by atoms with E-state index in [1.54, 1.807) is 12.3 Å². The molecule has 19 heavy (non-hydrogen) atoms. The molecule has 2 atom stereocenters. The Bertz CT molecular complexity index is 442. The van der Waals surface area contributed by atoms with Gasteiger partial charge in [-0.05, 0) is 54.2 Å². The molecule has 0 aromatic carbocycles. The van der Waals surface area contributed by atoms with Crippen LogP contribution in [0.1, 0.15) is 36.7 Å². The predicted molar refractivity (Wildman–Crippen MR) is 81.5 cm³/mol. The second kappa shape index (κ2) is 7.22. The highest BCUT2D eigenvalue weighted by Crippen LogP contribution is 2.23. The molecule has 1 amide bonds. The molecule has 0 spiro atoms. The smallest absolute Gasteiger partial charge is 0.273 e. The van der Waals surface area contributed by atoms with Gasteiger partial charge >= 0.3 is 0 Å². The van der Waals surface area contributed by atoms with Crippen LogP contribution in [-0.4, -0.2) is 34.4 Å². The van der Waals surface area contributed by atoms with E-state index in [4.69, 9.17) is 5.73 Å². The molecule has 1 aliphatic rings. The fraction of sp³-hybridized carbons (Fsp3) is 0.538. The van der Waals surface area contributed by atoms with Gasteiger partial charge in [0.15, 0.2) is 0 Å². The lowest BCUT2D eigenvalue weighted by molar-refractivity contribution is 0.0576. The fourth-order valence-electron chi connectivity index (χ4n) is 2.44. The second-order valence-electron chi connectivity index (χ2n) is 4.75. The summed E-state index contributed by atoms with van der Waals surface area (Å²) in [6, 6.07) is 3.77. The first-order chi connectivity index (χ1) is 8.61. The van der Waals surface area contributed by atoms with Gasteiger partial charge in [0.05, 0.1) is 0 Å². The molecule has 0 aliphatic carbocycles. The van der Waals surface area contributed by atoms with Crippen molar-refractivity contribution in [1.82, 2.24) is 9.88 Å². The molecule has 2 rings (SSSR count). The maximum Gasteiger partial charge on any atom is 0.273 e. The van der Waals surface area contributed by atoms with Crippen LogP contribution >= 0.6 is 28.3 Å². The van der Waals surface area contributed by atoms with Gasteiger partial charge in [-0.3, -0.25) is 4.79 Å². The minimum absolute atomic E-state index is 0. The van der Waals surface area contributed by atoms with Crippen molar-refractivity contribution in [3.63, 3.8) is 0 Å². The monoisotopic (exact) mass is 347 g/mol. The zero-order chi connectivity index (χ0) is 13.1. The number of amides is 1. The Balaban J connectivity index is 0.00000180. The third-order valence-corrected chi connectivity index (χ3v) is 4.02. The summed E-state index contributed by atoms with van der Waals surface area (Å²) in [5, 5.41) is 0. The van der Waals surface area contributed by atoms with Crippen molar-refractivity contribution < 1.29 is 4.79 Å². The van der Waals surface area contributed by atoms with E-state index in [1.165, 1.54) is 0 Å². The van der Waals surface area contributed by atoms with Crippen molar-refractivity contribution in [1.29, 1.82) is 0 Å². The number of halogens is 2. The van der Waals surface area contributed by atoms with E-state index in [0.717, 1.165) is 30.3 Å². The summed E-state index contributed by atoms with van der Waals surface area (Å²) in [4.78, 5) is 18.6. The van der Waals surface area contributed by atoms with Crippen LogP contribution < -0.4 is 5.73 Å². The summed E-state index contributed by atoms with van der Waals surface area (Å²) in [7, 11) is 0. The van der Waals surface area contributed by atoms with Gasteiger partial charge in [0.1, 0.15) is 5.69 Å². The number of likely N-dealkylation sites (tertiary alicyclic amines) is 1. The average molecular weight is 349 g/mol. The first-order valence-electron chi connectivity index (χ1n) is 6.28. The molecule has 1 aliphatic heterocycles. The molecule has 1 saturated heterocycles. The molecule has 0 radical (unpaired) electrons. The molecule has 6 heteroatoms. The van der Waals surface area contributed by atoms with Crippen LogP contribution in [0, 0.1) is 0 Å². The number of piperidine rings is 1. The molecule has 2 N–H and O–H groups in total. The molecule has 2 heterocycles. The highest BCUT2D eigenvalue weighted by molar-refractivity contribution is 9.10. The molecule has 106 valence electrons. The molecular formula is C13H19BrClN3O. The molecule has 4 nitrogen and oxygen atoms in total. The summed E-state index contributed by atoms with van der Waals surface area (Å²) in [5.74, 6) is -0.0236. The number of hydrogen-bond acceptors (Lipinski definition) is 3. The number of hydrogen-bond donors (Lipinski definition) is 1. The summed E-state index contributed by atoms with van der Waals surface area (Å²) >= 11 is 3.38. The third-order valence-electron chi connectivity index (χ3n) is 3.38. The normalized spacial score (nSPS) is 20.6. The van der Waals surface area contributed by atoms with Crippen LogP contribution in [0.15, 0.2) is 22.8 Å². The Morgan fingerprint density at radius 3 is 2.95 bits per heavy atom. The van der Waals surface area contributed by atoms with Crippen molar-refractivity contribution in [2.75, 3.05) is 6.54 Å². The third kappa shape index (κ3) is 3.68. The summed E-state index contributed by atoms with van der Waals surface area (Å²) in [5.41, 5.74) is 6.46. The van der Waals surface area contributed by atoms with Crippen LogP contribution in [0.3, 0.4) is 0 Å². The minimum Gasteiger partial charge on any atom is -0.333 e. The van der Waals surface area contributed by atoms with E-state index >= 15 is 0 Å². The van der Waals surface area contributed by atoms with E-state index in [1.807, 2.05) is 17.9 Å². The molecule has 1 aromatic heterocycles. The van der Waals surface area contributed by atoms with Crippen LogP contribution in [0.25, 0.3) is 0 Å². The van der Waals surface area contributed by atoms with E-state index in [-0.39, 0.29) is 30.4 Å². The Morgan fingerprint density at radius 2 is 2.32 bits per heavy atom. The average Bonchev–Trinajstić information content (AvgIpc) is 2.38. The van der Waals surface area contributed by atoms with Crippen molar-refractivity contribution in [3.8, 4) is 0 Å². The lowest BCUT2D eigenvalue weighted by Gasteiger charge is -2.37. The number of nitrogens with zero attached hydrogens (tertiary/aromatic N) is 2. The first-order valence-corrected chi connectivity index (χ1v) is 7.07. The van der Waals surface area contributed by atoms with Gasteiger partial charge in [0, 0.05) is 29.3 Å². The van der Waals surface area contributed by atoms with Gasteiger partial charge in [-0.15, -0.1) is 12.4 Å². The molecule has 0 bridgehead atoms. The number of carbonyl (C=O) groups is 1. The maximum absolute atomic E-state index is 12.5. The highest BCUT2D eigenvalue weighted by atomic mass is 79.9. The Kier molecular flexibility index (Phi) is 6.23. The van der Waals surface area contributed by atoms with Crippen molar-refractivity contribution in [2.45, 2.75) is 38.3 Å². The van der Waals surface area contributed by atoms with Crippen molar-refractivity contribution in [2.24, 2.45) is 5.73 Å². The number of carbonyl (C=O) groups excluding carboxylic acids is 1. The lowest BCUT2D eigenvalue weighted by atomic mass is 9.96.